The summed E-state index contributed by atoms with van der Waals surface area (Å²) < 4.78 is 1.12. The molecule has 0 unspecified atom stereocenters. The van der Waals surface area contributed by atoms with E-state index in [-0.39, 0.29) is 7.33 Å². The molecule has 1 N–H and O–H groups in total. The van der Waals surface area contributed by atoms with Crippen LogP contribution in [0.3, 0.4) is 0 Å². The van der Waals surface area contributed by atoms with Gasteiger partial charge in [0.25, 0.3) is 0 Å². The van der Waals surface area contributed by atoms with Gasteiger partial charge in [-0.15, -0.1) is 0 Å². The molecule has 0 saturated carbocycles. The molecular weight excluding hydrogens is 256 g/mol. The zero-order chi connectivity index (χ0) is 13.8. The molecule has 1 amide bonds. The van der Waals surface area contributed by atoms with Crippen LogP contribution in [-0.2, 0) is 4.79 Å². The lowest BCUT2D eigenvalue weighted by Gasteiger charge is -1.96. The number of nitrogens with one attached hydrogen (secondary N) is 1. The number of aromatic nitrogens is 1. The Labute approximate surface area is 117 Å². The van der Waals surface area contributed by atoms with E-state index in [1.165, 1.54) is 29.0 Å². The summed E-state index contributed by atoms with van der Waals surface area (Å²) in [6, 6.07) is 12.2. The van der Waals surface area contributed by atoms with E-state index in [0.29, 0.717) is 5.13 Å². The maximum atomic E-state index is 11.0. The minimum absolute atomic E-state index is 0. The Balaban J connectivity index is 0.000000639. The summed E-state index contributed by atoms with van der Waals surface area (Å²) in [5.41, 5.74) is 0.928. The van der Waals surface area contributed by atoms with Gasteiger partial charge in [0.2, 0.25) is 5.91 Å². The Bertz CT molecular complexity index is 724. The van der Waals surface area contributed by atoms with Gasteiger partial charge in [0.15, 0.2) is 5.13 Å². The molecule has 0 atom stereocenters. The Kier molecular flexibility index (Phi) is 4.12. The molecule has 1 aromatic heterocycles. The van der Waals surface area contributed by atoms with Gasteiger partial charge in [0.05, 0.1) is 10.2 Å². The molecule has 3 aromatic rings. The number of benzene rings is 2. The van der Waals surface area contributed by atoms with E-state index in [1.54, 1.807) is 0 Å². The second kappa shape index (κ2) is 5.80. The molecule has 0 spiro atoms. The van der Waals surface area contributed by atoms with Gasteiger partial charge in [-0.3, -0.25) is 4.79 Å². The average Bonchev–Trinajstić information content (AvgIpc) is 2.83. The number of thiazole rings is 1. The summed E-state index contributed by atoms with van der Waals surface area (Å²) in [5.74, 6) is -0.0895. The monoisotopic (exact) mass is 274 g/mol. The molecule has 19 heavy (non-hydrogen) atoms. The van der Waals surface area contributed by atoms with Crippen LogP contribution in [-0.4, -0.2) is 10.9 Å². The van der Waals surface area contributed by atoms with Gasteiger partial charge in [-0.05, 0) is 11.5 Å². The predicted octanol–water partition coefficient (Wildman–Crippen LogP) is 4.68. The molecule has 0 aliphatic carbocycles. The molecule has 0 aliphatic heterocycles. The van der Waals surface area contributed by atoms with E-state index in [9.17, 15) is 4.79 Å². The van der Waals surface area contributed by atoms with Crippen molar-refractivity contribution in [3.63, 3.8) is 0 Å². The summed E-state index contributed by atoms with van der Waals surface area (Å²) in [4.78, 5) is 15.4. The highest BCUT2D eigenvalue weighted by Crippen LogP contribution is 2.32. The molecule has 3 nitrogen and oxygen atoms in total. The van der Waals surface area contributed by atoms with Crippen molar-refractivity contribution in [2.24, 2.45) is 0 Å². The topological polar surface area (TPSA) is 42.0 Å². The van der Waals surface area contributed by atoms with Crippen molar-refractivity contribution >= 4 is 43.4 Å². The number of hydrogen-bond acceptors (Lipinski definition) is 3. The second-order valence-corrected chi connectivity index (χ2v) is 4.83. The number of anilines is 1. The Hall–Kier alpha value is -1.94. The van der Waals surface area contributed by atoms with Crippen LogP contribution in [0.5, 0.6) is 0 Å². The highest BCUT2D eigenvalue weighted by atomic mass is 32.1. The van der Waals surface area contributed by atoms with Crippen LogP contribution in [0, 0.1) is 0 Å². The maximum Gasteiger partial charge on any atom is 0.223 e. The van der Waals surface area contributed by atoms with Crippen molar-refractivity contribution in [2.45, 2.75) is 20.8 Å². The van der Waals surface area contributed by atoms with Crippen LogP contribution >= 0.6 is 11.3 Å². The summed E-state index contributed by atoms with van der Waals surface area (Å²) >= 11 is 1.51. The lowest BCUT2D eigenvalue weighted by molar-refractivity contribution is -0.114. The molecule has 1 heterocycles. The smallest absolute Gasteiger partial charge is 0.223 e. The van der Waals surface area contributed by atoms with Gasteiger partial charge in [0, 0.05) is 13.7 Å². The summed E-state index contributed by atoms with van der Waals surface area (Å²) in [6.07, 6.45) is 0. The second-order valence-electron chi connectivity index (χ2n) is 3.84. The Morgan fingerprint density at radius 3 is 2.68 bits per heavy atom. The minimum atomic E-state index is -0.0895. The molecule has 0 radical (unpaired) electrons. The maximum absolute atomic E-state index is 11.0. The molecule has 0 fully saturated rings. The highest BCUT2D eigenvalue weighted by Gasteiger charge is 2.07. The fourth-order valence-electron chi connectivity index (χ4n) is 1.86. The van der Waals surface area contributed by atoms with Crippen LogP contribution in [0.25, 0.3) is 21.0 Å². The largest absolute Gasteiger partial charge is 0.302 e. The van der Waals surface area contributed by atoms with Crippen LogP contribution in [0.1, 0.15) is 22.2 Å². The van der Waals surface area contributed by atoms with Crippen molar-refractivity contribution in [3.05, 3.63) is 36.4 Å². The molecule has 0 bridgehead atoms. The van der Waals surface area contributed by atoms with Crippen LogP contribution in [0.15, 0.2) is 36.4 Å². The molecule has 100 valence electrons. The third-order valence-corrected chi connectivity index (χ3v) is 3.58. The minimum Gasteiger partial charge on any atom is -0.302 e. The van der Waals surface area contributed by atoms with E-state index < -0.39 is 0 Å². The number of amides is 1. The van der Waals surface area contributed by atoms with Gasteiger partial charge >= 0.3 is 0 Å². The Morgan fingerprint density at radius 1 is 1.21 bits per heavy atom. The van der Waals surface area contributed by atoms with Gasteiger partial charge in [-0.2, -0.15) is 0 Å². The van der Waals surface area contributed by atoms with Crippen LogP contribution < -0.4 is 5.32 Å². The van der Waals surface area contributed by atoms with Crippen molar-refractivity contribution in [2.75, 3.05) is 5.32 Å². The number of carbonyl (C=O) groups excluding carboxylic acids is 1. The van der Waals surface area contributed by atoms with E-state index >= 15 is 0 Å². The standard InChI is InChI=1S/C13H10N2OS.C2H6.H2/c1-8(16)14-13-15-11-7-6-9-4-2-3-5-10(9)12(11)17-13;1-2;/h2-7H,1H3,(H,14,15,16);1-2H3;1H. The molecule has 3 rings (SSSR count). The van der Waals surface area contributed by atoms with Gasteiger partial charge < -0.3 is 5.32 Å². The van der Waals surface area contributed by atoms with Crippen LogP contribution in [0.4, 0.5) is 5.13 Å². The lowest BCUT2D eigenvalue weighted by Crippen LogP contribution is -2.04. The van der Waals surface area contributed by atoms with Crippen molar-refractivity contribution in [1.82, 2.24) is 4.98 Å². The third kappa shape index (κ3) is 2.74. The number of fused-ring (bicyclic) bond motifs is 3. The Morgan fingerprint density at radius 2 is 1.95 bits per heavy atom. The van der Waals surface area contributed by atoms with Crippen molar-refractivity contribution < 1.29 is 6.22 Å². The zero-order valence-electron chi connectivity index (χ0n) is 11.2. The first-order chi connectivity index (χ1) is 9.24. The van der Waals surface area contributed by atoms with E-state index in [2.05, 4.69) is 28.5 Å². The molecule has 0 aliphatic rings. The number of carbonyl (C=O) groups is 1. The van der Waals surface area contributed by atoms with E-state index in [0.717, 1.165) is 10.2 Å². The van der Waals surface area contributed by atoms with E-state index in [4.69, 9.17) is 0 Å². The first kappa shape index (κ1) is 13.5. The molecule has 0 saturated heterocycles. The fourth-order valence-corrected chi connectivity index (χ4v) is 2.91. The fraction of sp³-hybridized carbons (Fsp3) is 0.200. The highest BCUT2D eigenvalue weighted by molar-refractivity contribution is 7.23. The molecule has 4 heteroatoms. The number of nitrogens with zero attached hydrogens (tertiary/aromatic N) is 1. The molecule has 2 aromatic carbocycles. The van der Waals surface area contributed by atoms with Gasteiger partial charge in [-0.25, -0.2) is 4.98 Å². The summed E-state index contributed by atoms with van der Waals surface area (Å²) in [7, 11) is 0. The summed E-state index contributed by atoms with van der Waals surface area (Å²) in [6.45, 7) is 5.49. The van der Waals surface area contributed by atoms with Crippen LogP contribution in [0.2, 0.25) is 0 Å². The quantitative estimate of drug-likeness (QED) is 0.700. The lowest BCUT2D eigenvalue weighted by atomic mass is 10.1. The molecular formula is C15H18N2OS. The average molecular weight is 274 g/mol. The van der Waals surface area contributed by atoms with Gasteiger partial charge in [-0.1, -0.05) is 55.5 Å². The number of hydrogen-bond donors (Lipinski definition) is 1. The van der Waals surface area contributed by atoms with Crippen molar-refractivity contribution in [1.29, 1.82) is 0 Å². The number of rotatable bonds is 1. The zero-order valence-corrected chi connectivity index (χ0v) is 12.0. The predicted molar refractivity (Wildman–Crippen MR) is 84.9 cm³/mol. The van der Waals surface area contributed by atoms with Crippen molar-refractivity contribution in [3.8, 4) is 0 Å². The first-order valence-electron chi connectivity index (χ1n) is 6.30. The first-order valence-corrected chi connectivity index (χ1v) is 7.11. The normalized spacial score (nSPS) is 10.1. The third-order valence-electron chi connectivity index (χ3n) is 2.56. The SMILES string of the molecule is CC.CC(=O)Nc1nc2ccc3ccccc3c2s1.[HH]. The summed E-state index contributed by atoms with van der Waals surface area (Å²) in [5, 5.41) is 5.76. The van der Waals surface area contributed by atoms with E-state index in [1.807, 2.05) is 32.0 Å². The van der Waals surface area contributed by atoms with Gasteiger partial charge in [0.1, 0.15) is 0 Å².